The van der Waals surface area contributed by atoms with E-state index in [0.29, 0.717) is 12.6 Å². The summed E-state index contributed by atoms with van der Waals surface area (Å²) >= 11 is 0. The van der Waals surface area contributed by atoms with Gasteiger partial charge in [0.25, 0.3) is 0 Å². The number of hydrogen-bond donors (Lipinski definition) is 1. The summed E-state index contributed by atoms with van der Waals surface area (Å²) < 4.78 is 5.14. The van der Waals surface area contributed by atoms with Crippen LogP contribution in [-0.4, -0.2) is 36.4 Å². The molecule has 0 aliphatic heterocycles. The molecule has 96 valence electrons. The van der Waals surface area contributed by atoms with Crippen molar-refractivity contribution in [3.63, 3.8) is 0 Å². The molecule has 0 spiro atoms. The van der Waals surface area contributed by atoms with Crippen molar-refractivity contribution in [3.05, 3.63) is 24.0 Å². The highest BCUT2D eigenvalue weighted by Crippen LogP contribution is 2.22. The topological polar surface area (TPSA) is 45.6 Å². The summed E-state index contributed by atoms with van der Waals surface area (Å²) in [5, 5.41) is 9.35. The number of aromatic nitrogens is 1. The Morgan fingerprint density at radius 2 is 2.29 bits per heavy atom. The van der Waals surface area contributed by atoms with Gasteiger partial charge in [-0.2, -0.15) is 0 Å². The van der Waals surface area contributed by atoms with Gasteiger partial charge in [0, 0.05) is 43.3 Å². The molecule has 0 amide bonds. The molecular formula is C13H22N2O2. The maximum absolute atomic E-state index is 9.35. The smallest absolute Gasteiger partial charge is 0.0717 e. The van der Waals surface area contributed by atoms with Crippen molar-refractivity contribution in [2.24, 2.45) is 0 Å². The first-order valence-electron chi connectivity index (χ1n) is 6.03. The minimum absolute atomic E-state index is 0.0170. The number of methoxy groups -OCH3 is 1. The fourth-order valence-electron chi connectivity index (χ4n) is 1.81. The minimum Gasteiger partial charge on any atom is -0.392 e. The highest BCUT2D eigenvalue weighted by molar-refractivity contribution is 5.52. The Bertz CT molecular complexity index is 331. The molecule has 17 heavy (non-hydrogen) atoms. The monoisotopic (exact) mass is 238 g/mol. The maximum atomic E-state index is 9.35. The predicted octanol–water partition coefficient (Wildman–Crippen LogP) is 1.83. The zero-order valence-electron chi connectivity index (χ0n) is 10.9. The van der Waals surface area contributed by atoms with Crippen molar-refractivity contribution in [1.82, 2.24) is 4.98 Å². The largest absolute Gasteiger partial charge is 0.392 e. The van der Waals surface area contributed by atoms with Crippen LogP contribution in [0.4, 0.5) is 5.69 Å². The molecule has 4 heteroatoms. The fraction of sp³-hybridized carbons (Fsp3) is 0.615. The molecule has 1 rings (SSSR count). The van der Waals surface area contributed by atoms with Gasteiger partial charge in [-0.15, -0.1) is 0 Å². The van der Waals surface area contributed by atoms with Crippen LogP contribution in [0.5, 0.6) is 0 Å². The second-order valence-corrected chi connectivity index (χ2v) is 4.11. The van der Waals surface area contributed by atoms with Crippen LogP contribution >= 0.6 is 0 Å². The molecule has 1 heterocycles. The van der Waals surface area contributed by atoms with Gasteiger partial charge in [-0.1, -0.05) is 6.92 Å². The van der Waals surface area contributed by atoms with Crippen molar-refractivity contribution in [1.29, 1.82) is 0 Å². The van der Waals surface area contributed by atoms with Crippen LogP contribution in [0, 0.1) is 0 Å². The first kappa shape index (κ1) is 13.9. The summed E-state index contributed by atoms with van der Waals surface area (Å²) in [5.41, 5.74) is 1.91. The molecule has 1 N–H and O–H groups in total. The van der Waals surface area contributed by atoms with E-state index in [2.05, 4.69) is 23.7 Å². The van der Waals surface area contributed by atoms with Crippen LogP contribution in [0.1, 0.15) is 25.8 Å². The van der Waals surface area contributed by atoms with E-state index in [0.717, 1.165) is 24.2 Å². The molecule has 0 saturated carbocycles. The highest BCUT2D eigenvalue weighted by Gasteiger charge is 2.15. The third kappa shape index (κ3) is 3.68. The summed E-state index contributed by atoms with van der Waals surface area (Å²) in [7, 11) is 1.70. The van der Waals surface area contributed by atoms with Gasteiger partial charge < -0.3 is 14.7 Å². The van der Waals surface area contributed by atoms with E-state index in [9.17, 15) is 5.11 Å². The summed E-state index contributed by atoms with van der Waals surface area (Å²) in [6, 6.07) is 2.37. The van der Waals surface area contributed by atoms with E-state index in [-0.39, 0.29) is 6.61 Å². The van der Waals surface area contributed by atoms with Crippen LogP contribution in [0.2, 0.25) is 0 Å². The van der Waals surface area contributed by atoms with Crippen molar-refractivity contribution in [3.8, 4) is 0 Å². The lowest BCUT2D eigenvalue weighted by Gasteiger charge is -2.31. The number of rotatable bonds is 7. The van der Waals surface area contributed by atoms with Crippen LogP contribution in [-0.2, 0) is 11.3 Å². The second-order valence-electron chi connectivity index (χ2n) is 4.11. The SMILES string of the molecule is CCC(C)N(CCOC)c1ccncc1CO. The molecule has 0 aliphatic carbocycles. The maximum Gasteiger partial charge on any atom is 0.0717 e. The Morgan fingerprint density at radius 3 is 2.88 bits per heavy atom. The van der Waals surface area contributed by atoms with E-state index in [1.807, 2.05) is 6.07 Å². The molecule has 1 atom stereocenters. The van der Waals surface area contributed by atoms with Crippen LogP contribution < -0.4 is 4.90 Å². The summed E-state index contributed by atoms with van der Waals surface area (Å²) in [6.07, 6.45) is 4.53. The summed E-state index contributed by atoms with van der Waals surface area (Å²) in [6.45, 7) is 5.85. The summed E-state index contributed by atoms with van der Waals surface area (Å²) in [4.78, 5) is 6.31. The number of pyridine rings is 1. The lowest BCUT2D eigenvalue weighted by atomic mass is 10.1. The molecule has 0 aliphatic rings. The summed E-state index contributed by atoms with van der Waals surface area (Å²) in [5.74, 6) is 0. The standard InChI is InChI=1S/C13H22N2O2/c1-4-11(2)15(7-8-17-3)13-5-6-14-9-12(13)10-16/h5-6,9,11,16H,4,7-8,10H2,1-3H3. The first-order chi connectivity index (χ1) is 8.24. The van der Waals surface area contributed by atoms with Gasteiger partial charge >= 0.3 is 0 Å². The lowest BCUT2D eigenvalue weighted by Crippen LogP contribution is -2.36. The lowest BCUT2D eigenvalue weighted by molar-refractivity contribution is 0.203. The third-order valence-electron chi connectivity index (χ3n) is 3.02. The van der Waals surface area contributed by atoms with E-state index in [1.54, 1.807) is 19.5 Å². The number of anilines is 1. The van der Waals surface area contributed by atoms with Crippen molar-refractivity contribution in [2.75, 3.05) is 25.2 Å². The molecule has 1 aromatic rings. The van der Waals surface area contributed by atoms with E-state index >= 15 is 0 Å². The molecule has 1 unspecified atom stereocenters. The van der Waals surface area contributed by atoms with Gasteiger partial charge in [0.05, 0.1) is 13.2 Å². The second kappa shape index (κ2) is 7.25. The van der Waals surface area contributed by atoms with Crippen LogP contribution in [0.15, 0.2) is 18.5 Å². The molecular weight excluding hydrogens is 216 g/mol. The Hall–Kier alpha value is -1.13. The quantitative estimate of drug-likeness (QED) is 0.787. The fourth-order valence-corrected chi connectivity index (χ4v) is 1.81. The van der Waals surface area contributed by atoms with Gasteiger partial charge in [-0.25, -0.2) is 0 Å². The number of nitrogens with zero attached hydrogens (tertiary/aromatic N) is 2. The normalized spacial score (nSPS) is 12.5. The number of hydrogen-bond acceptors (Lipinski definition) is 4. The minimum atomic E-state index is 0.0170. The zero-order chi connectivity index (χ0) is 12.7. The van der Waals surface area contributed by atoms with Crippen LogP contribution in [0.25, 0.3) is 0 Å². The van der Waals surface area contributed by atoms with Gasteiger partial charge in [0.1, 0.15) is 0 Å². The van der Waals surface area contributed by atoms with Gasteiger partial charge in [0.2, 0.25) is 0 Å². The zero-order valence-corrected chi connectivity index (χ0v) is 10.9. The van der Waals surface area contributed by atoms with Crippen LogP contribution in [0.3, 0.4) is 0 Å². The van der Waals surface area contributed by atoms with Gasteiger partial charge in [0.15, 0.2) is 0 Å². The Morgan fingerprint density at radius 1 is 1.53 bits per heavy atom. The molecule has 0 radical (unpaired) electrons. The molecule has 0 aromatic carbocycles. The first-order valence-corrected chi connectivity index (χ1v) is 6.03. The third-order valence-corrected chi connectivity index (χ3v) is 3.02. The molecule has 0 bridgehead atoms. The Kier molecular flexibility index (Phi) is 5.94. The van der Waals surface area contributed by atoms with E-state index < -0.39 is 0 Å². The van der Waals surface area contributed by atoms with E-state index in [4.69, 9.17) is 4.74 Å². The molecule has 1 aromatic heterocycles. The van der Waals surface area contributed by atoms with Gasteiger partial charge in [-0.3, -0.25) is 4.98 Å². The highest BCUT2D eigenvalue weighted by atomic mass is 16.5. The molecule has 0 fully saturated rings. The predicted molar refractivity (Wildman–Crippen MR) is 69.1 cm³/mol. The Balaban J connectivity index is 2.94. The number of aliphatic hydroxyl groups is 1. The number of ether oxygens (including phenoxy) is 1. The average Bonchev–Trinajstić information content (AvgIpc) is 2.39. The Labute approximate surface area is 103 Å². The molecule has 4 nitrogen and oxygen atoms in total. The van der Waals surface area contributed by atoms with Crippen molar-refractivity contribution in [2.45, 2.75) is 32.9 Å². The molecule has 0 saturated heterocycles. The van der Waals surface area contributed by atoms with Crippen molar-refractivity contribution < 1.29 is 9.84 Å². The average molecular weight is 238 g/mol. The van der Waals surface area contributed by atoms with Crippen molar-refractivity contribution >= 4 is 5.69 Å². The van der Waals surface area contributed by atoms with E-state index in [1.165, 1.54) is 0 Å². The number of aliphatic hydroxyl groups excluding tert-OH is 1. The van der Waals surface area contributed by atoms with Gasteiger partial charge in [-0.05, 0) is 19.4 Å².